The Balaban J connectivity index is 1.92. The van der Waals surface area contributed by atoms with Crippen LogP contribution in [0, 0.1) is 16.7 Å². The summed E-state index contributed by atoms with van der Waals surface area (Å²) < 4.78 is 0. The van der Waals surface area contributed by atoms with Gasteiger partial charge in [0.1, 0.15) is 5.78 Å². The molecule has 0 fully saturated rings. The maximum absolute atomic E-state index is 13.4. The fourth-order valence-electron chi connectivity index (χ4n) is 8.56. The molecule has 0 aromatic carbocycles. The van der Waals surface area contributed by atoms with Crippen LogP contribution in [0.5, 0.6) is 0 Å². The Morgan fingerprint density at radius 1 is 0.644 bits per heavy atom. The first-order chi connectivity index (χ1) is 27.9. The highest BCUT2D eigenvalue weighted by Crippen LogP contribution is 2.42. The van der Waals surface area contributed by atoms with E-state index in [2.05, 4.69) is 104 Å². The van der Waals surface area contributed by atoms with Crippen molar-refractivity contribution < 1.29 is 14.4 Å². The van der Waals surface area contributed by atoms with Gasteiger partial charge in [0.25, 0.3) is 0 Å². The predicted octanol–water partition coefficient (Wildman–Crippen LogP) is 15.2. The van der Waals surface area contributed by atoms with Crippen molar-refractivity contribution in [3.05, 3.63) is 117 Å². The third-order valence-corrected chi connectivity index (χ3v) is 12.3. The van der Waals surface area contributed by atoms with Crippen molar-refractivity contribution in [3.63, 3.8) is 0 Å². The van der Waals surface area contributed by atoms with E-state index in [1.54, 1.807) is 12.2 Å². The lowest BCUT2D eigenvalue weighted by molar-refractivity contribution is -0.126. The number of rotatable bonds is 25. The van der Waals surface area contributed by atoms with Crippen molar-refractivity contribution in [3.8, 4) is 0 Å². The Hall–Kier alpha value is -3.79. The van der Waals surface area contributed by atoms with E-state index in [0.717, 1.165) is 48.8 Å². The van der Waals surface area contributed by atoms with Gasteiger partial charge in [-0.05, 0) is 139 Å². The third kappa shape index (κ3) is 20.8. The molecule has 1 atom stereocenters. The Morgan fingerprint density at radius 2 is 1.15 bits per heavy atom. The van der Waals surface area contributed by atoms with Gasteiger partial charge in [-0.25, -0.2) is 0 Å². The van der Waals surface area contributed by atoms with Gasteiger partial charge < -0.3 is 5.32 Å². The zero-order valence-corrected chi connectivity index (χ0v) is 39.5. The normalized spacial score (nSPS) is 18.9. The average molecular weight is 806 g/mol. The lowest BCUT2D eigenvalue weighted by Crippen LogP contribution is -2.23. The summed E-state index contributed by atoms with van der Waals surface area (Å²) in [5.74, 6) is -0.202. The summed E-state index contributed by atoms with van der Waals surface area (Å²) in [5, 5.41) is 3.01. The molecule has 2 rings (SSSR count). The van der Waals surface area contributed by atoms with Gasteiger partial charge in [0, 0.05) is 31.4 Å². The number of hydrogen-bond acceptors (Lipinski definition) is 3. The van der Waals surface area contributed by atoms with E-state index in [0.29, 0.717) is 19.4 Å². The molecule has 0 heterocycles. The molecule has 0 radical (unpaired) electrons. The minimum Gasteiger partial charge on any atom is -0.353 e. The highest BCUT2D eigenvalue weighted by atomic mass is 16.1. The number of ketones is 2. The molecule has 0 saturated carbocycles. The van der Waals surface area contributed by atoms with Crippen molar-refractivity contribution in [1.29, 1.82) is 0 Å². The summed E-state index contributed by atoms with van der Waals surface area (Å²) in [6.45, 7) is 24.7. The van der Waals surface area contributed by atoms with E-state index in [9.17, 15) is 14.4 Å². The second-order valence-electron chi connectivity index (χ2n) is 19.0. The van der Waals surface area contributed by atoms with Gasteiger partial charge in [-0.3, -0.25) is 14.4 Å². The number of carbonyl (C=O) groups excluding carboxylic acids is 3. The van der Waals surface area contributed by atoms with Crippen molar-refractivity contribution in [1.82, 2.24) is 5.32 Å². The molecule has 1 N–H and O–H groups in total. The highest BCUT2D eigenvalue weighted by molar-refractivity contribution is 5.94. The van der Waals surface area contributed by atoms with Gasteiger partial charge in [-0.1, -0.05) is 156 Å². The molecule has 1 unspecified atom stereocenters. The molecule has 1 amide bonds. The predicted molar refractivity (Wildman–Crippen MR) is 255 cm³/mol. The second kappa shape index (κ2) is 27.1. The molecule has 0 aliphatic heterocycles. The average Bonchev–Trinajstić information content (AvgIpc) is 3.14. The van der Waals surface area contributed by atoms with Crippen molar-refractivity contribution in [2.45, 2.75) is 185 Å². The Bertz CT molecular complexity index is 1710. The molecule has 0 spiro atoms. The van der Waals surface area contributed by atoms with Crippen LogP contribution >= 0.6 is 0 Å². The third-order valence-electron chi connectivity index (χ3n) is 12.3. The van der Waals surface area contributed by atoms with Gasteiger partial charge in [-0.2, -0.15) is 0 Å². The molecular weight excluding hydrogens is 723 g/mol. The van der Waals surface area contributed by atoms with Crippen molar-refractivity contribution >= 4 is 17.5 Å². The summed E-state index contributed by atoms with van der Waals surface area (Å²) >= 11 is 0. The van der Waals surface area contributed by atoms with E-state index in [1.807, 2.05) is 38.2 Å². The second-order valence-corrected chi connectivity index (χ2v) is 19.0. The molecule has 0 aromatic rings. The molecule has 0 saturated heterocycles. The summed E-state index contributed by atoms with van der Waals surface area (Å²) in [4.78, 5) is 39.3. The molecule has 4 heteroatoms. The summed E-state index contributed by atoms with van der Waals surface area (Å²) in [6, 6.07) is 0. The lowest BCUT2D eigenvalue weighted by atomic mass is 9.72. The first-order valence-corrected chi connectivity index (χ1v) is 23.1. The first-order valence-electron chi connectivity index (χ1n) is 23.1. The molecule has 59 heavy (non-hydrogen) atoms. The van der Waals surface area contributed by atoms with E-state index in [-0.39, 0.29) is 40.6 Å². The van der Waals surface area contributed by atoms with Gasteiger partial charge >= 0.3 is 0 Å². The van der Waals surface area contributed by atoms with Crippen molar-refractivity contribution in [2.75, 3.05) is 6.54 Å². The SMILES string of the molecule is CCCCCCCCC(=O)C(CCCCNC(=O)C=C(C)C=CC=C(C)C=CC1=C(C)CCCC1(C)C)CC(=O)C=C(C)C=CC=C(C)C=CC1=C(C)CCCC1(C)C. The van der Waals surface area contributed by atoms with Crippen LogP contribution in [0.2, 0.25) is 0 Å². The van der Waals surface area contributed by atoms with Crippen LogP contribution in [-0.4, -0.2) is 24.0 Å². The molecule has 2 aliphatic rings. The Kier molecular flexibility index (Phi) is 23.6. The van der Waals surface area contributed by atoms with E-state index in [1.165, 1.54) is 85.7 Å². The Labute approximate surface area is 362 Å². The fraction of sp³-hybridized carbons (Fsp3) is 0.582. The van der Waals surface area contributed by atoms with Crippen LogP contribution in [0.3, 0.4) is 0 Å². The van der Waals surface area contributed by atoms with Crippen molar-refractivity contribution in [2.24, 2.45) is 16.7 Å². The fourth-order valence-corrected chi connectivity index (χ4v) is 8.56. The lowest BCUT2D eigenvalue weighted by Gasteiger charge is -2.33. The number of nitrogens with one attached hydrogen (secondary N) is 1. The molecule has 0 bridgehead atoms. The smallest absolute Gasteiger partial charge is 0.244 e. The molecular formula is C55H83NO3. The number of hydrogen-bond donors (Lipinski definition) is 1. The van der Waals surface area contributed by atoms with Crippen LogP contribution in [0.15, 0.2) is 117 Å². The largest absolute Gasteiger partial charge is 0.353 e. The topological polar surface area (TPSA) is 63.2 Å². The highest BCUT2D eigenvalue weighted by Gasteiger charge is 2.27. The van der Waals surface area contributed by atoms with Gasteiger partial charge in [0.05, 0.1) is 0 Å². The maximum atomic E-state index is 13.4. The van der Waals surface area contributed by atoms with E-state index in [4.69, 9.17) is 0 Å². The number of amides is 1. The molecule has 4 nitrogen and oxygen atoms in total. The van der Waals surface area contributed by atoms with Crippen LogP contribution in [0.4, 0.5) is 0 Å². The number of Topliss-reactive ketones (excluding diaryl/α,β-unsaturated/α-hetero) is 1. The minimum absolute atomic E-state index is 0.000300. The molecule has 2 aliphatic carbocycles. The quantitative estimate of drug-likeness (QED) is 0.0568. The number of allylic oxidation sites excluding steroid dienone is 19. The number of carbonyl (C=O) groups is 3. The van der Waals surface area contributed by atoms with Gasteiger partial charge in [0.15, 0.2) is 5.78 Å². The van der Waals surface area contributed by atoms with Gasteiger partial charge in [0.2, 0.25) is 5.91 Å². The summed E-state index contributed by atoms with van der Waals surface area (Å²) in [7, 11) is 0. The number of unbranched alkanes of at least 4 members (excludes halogenated alkanes) is 6. The van der Waals surface area contributed by atoms with Crippen LogP contribution in [0.25, 0.3) is 0 Å². The minimum atomic E-state index is -0.288. The maximum Gasteiger partial charge on any atom is 0.244 e. The zero-order valence-electron chi connectivity index (χ0n) is 39.5. The summed E-state index contributed by atoms with van der Waals surface area (Å²) in [5.41, 5.74) is 10.4. The van der Waals surface area contributed by atoms with Crippen LogP contribution in [-0.2, 0) is 14.4 Å². The van der Waals surface area contributed by atoms with E-state index >= 15 is 0 Å². The first kappa shape index (κ1) is 51.4. The van der Waals surface area contributed by atoms with Crippen LogP contribution in [0.1, 0.15) is 185 Å². The monoisotopic (exact) mass is 806 g/mol. The Morgan fingerprint density at radius 3 is 1.68 bits per heavy atom. The van der Waals surface area contributed by atoms with E-state index < -0.39 is 0 Å². The summed E-state index contributed by atoms with van der Waals surface area (Å²) in [6.07, 6.45) is 41.4. The molecule has 326 valence electrons. The van der Waals surface area contributed by atoms with Crippen LogP contribution < -0.4 is 5.32 Å². The molecule has 0 aromatic heterocycles. The van der Waals surface area contributed by atoms with Gasteiger partial charge in [-0.15, -0.1) is 0 Å². The zero-order chi connectivity index (χ0) is 43.8. The standard InChI is InChI=1S/C55H83NO3/c1-12-13-14-15-16-17-31-52(58)48(41-49(57)39-44(4)26-20-24-42(2)32-34-50-46(6)28-22-36-54(50,8)9)30-18-19-38-56-53(59)40-45(5)27-21-25-43(3)33-35-51-47(7)29-23-37-55(51,10)11/h20-21,24-27,32-35,39-40,48H,12-19,22-23,28-31,36-38,41H2,1-11H3,(H,56,59).